The highest BCUT2D eigenvalue weighted by molar-refractivity contribution is 7.09. The van der Waals surface area contributed by atoms with Crippen LogP contribution >= 0.6 is 11.3 Å². The molecule has 2 nitrogen and oxygen atoms in total. The smallest absolute Gasteiger partial charge is 0.0936 e. The summed E-state index contributed by atoms with van der Waals surface area (Å²) in [7, 11) is 0. The van der Waals surface area contributed by atoms with E-state index in [1.165, 1.54) is 16.1 Å². The summed E-state index contributed by atoms with van der Waals surface area (Å²) in [5.41, 5.74) is 3.75. The summed E-state index contributed by atoms with van der Waals surface area (Å²) >= 11 is 1.79. The maximum atomic E-state index is 4.75. The number of aromatic nitrogens is 1. The van der Waals surface area contributed by atoms with E-state index in [9.17, 15) is 0 Å². The Bertz CT molecular complexity index is 512. The summed E-state index contributed by atoms with van der Waals surface area (Å²) in [4.78, 5) is 4.75. The summed E-state index contributed by atoms with van der Waals surface area (Å²) < 4.78 is 0. The van der Waals surface area contributed by atoms with Crippen molar-refractivity contribution in [1.29, 1.82) is 0 Å². The maximum Gasteiger partial charge on any atom is 0.0936 e. The Balaban J connectivity index is 1.74. The zero-order valence-electron chi connectivity index (χ0n) is 10.6. The predicted octanol–water partition coefficient (Wildman–Crippen LogP) is 3.13. The molecule has 2 aromatic rings. The minimum absolute atomic E-state index is 0.798. The van der Waals surface area contributed by atoms with Crippen LogP contribution in [0, 0.1) is 5.92 Å². The van der Waals surface area contributed by atoms with Crippen LogP contribution in [0.4, 0.5) is 0 Å². The summed E-state index contributed by atoms with van der Waals surface area (Å²) in [5, 5.41) is 6.77. The summed E-state index contributed by atoms with van der Waals surface area (Å²) in [6.07, 6.45) is 2.22. The van der Waals surface area contributed by atoms with Gasteiger partial charge in [0.2, 0.25) is 0 Å². The van der Waals surface area contributed by atoms with Crippen LogP contribution in [-0.4, -0.2) is 18.1 Å². The topological polar surface area (TPSA) is 24.9 Å². The Morgan fingerprint density at radius 1 is 1.28 bits per heavy atom. The fraction of sp³-hybridized carbons (Fsp3) is 0.400. The first-order valence-corrected chi connectivity index (χ1v) is 7.47. The molecular weight excluding hydrogens is 240 g/mol. The van der Waals surface area contributed by atoms with Gasteiger partial charge in [-0.3, -0.25) is 0 Å². The SMILES string of the molecule is CCc1ccc(-c2csc(CC3CNC3)n2)cc1. The van der Waals surface area contributed by atoms with E-state index >= 15 is 0 Å². The van der Waals surface area contributed by atoms with Crippen molar-refractivity contribution < 1.29 is 0 Å². The molecule has 1 aliphatic heterocycles. The molecule has 0 aliphatic carbocycles. The summed E-state index contributed by atoms with van der Waals surface area (Å²) in [6, 6.07) is 8.76. The monoisotopic (exact) mass is 258 g/mol. The number of nitrogens with zero attached hydrogens (tertiary/aromatic N) is 1. The van der Waals surface area contributed by atoms with Crippen LogP contribution in [0.25, 0.3) is 11.3 Å². The summed E-state index contributed by atoms with van der Waals surface area (Å²) in [5.74, 6) is 0.798. The molecule has 1 fully saturated rings. The molecule has 1 N–H and O–H groups in total. The van der Waals surface area contributed by atoms with Crippen LogP contribution in [0.1, 0.15) is 17.5 Å². The Morgan fingerprint density at radius 3 is 2.67 bits per heavy atom. The first kappa shape index (κ1) is 11.9. The molecule has 0 radical (unpaired) electrons. The molecule has 1 aliphatic rings. The zero-order valence-corrected chi connectivity index (χ0v) is 11.5. The van der Waals surface area contributed by atoms with Gasteiger partial charge < -0.3 is 5.32 Å². The van der Waals surface area contributed by atoms with Crippen molar-refractivity contribution in [3.8, 4) is 11.3 Å². The second kappa shape index (κ2) is 5.21. The van der Waals surface area contributed by atoms with Gasteiger partial charge >= 0.3 is 0 Å². The van der Waals surface area contributed by atoms with Gasteiger partial charge in [-0.1, -0.05) is 31.2 Å². The lowest BCUT2D eigenvalue weighted by molar-refractivity contribution is 0.346. The van der Waals surface area contributed by atoms with Gasteiger partial charge in [0.05, 0.1) is 10.7 Å². The molecule has 3 heteroatoms. The highest BCUT2D eigenvalue weighted by Gasteiger charge is 2.18. The zero-order chi connectivity index (χ0) is 12.4. The largest absolute Gasteiger partial charge is 0.316 e. The van der Waals surface area contributed by atoms with Crippen molar-refractivity contribution >= 4 is 11.3 Å². The molecule has 94 valence electrons. The van der Waals surface area contributed by atoms with Crippen molar-refractivity contribution in [3.63, 3.8) is 0 Å². The Morgan fingerprint density at radius 2 is 2.06 bits per heavy atom. The van der Waals surface area contributed by atoms with Gasteiger partial charge in [0, 0.05) is 17.4 Å². The van der Waals surface area contributed by atoms with Gasteiger partial charge in [-0.15, -0.1) is 11.3 Å². The van der Waals surface area contributed by atoms with E-state index < -0.39 is 0 Å². The van der Waals surface area contributed by atoms with Crippen LogP contribution in [0.2, 0.25) is 0 Å². The standard InChI is InChI=1S/C15H18N2S/c1-2-11-3-5-13(6-4-11)14-10-18-15(17-14)7-12-8-16-9-12/h3-6,10,12,16H,2,7-9H2,1H3. The summed E-state index contributed by atoms with van der Waals surface area (Å²) in [6.45, 7) is 4.49. The van der Waals surface area contributed by atoms with E-state index in [-0.39, 0.29) is 0 Å². The Hall–Kier alpha value is -1.19. The predicted molar refractivity (Wildman–Crippen MR) is 77.0 cm³/mol. The second-order valence-electron chi connectivity index (χ2n) is 4.91. The molecule has 2 heterocycles. The first-order valence-electron chi connectivity index (χ1n) is 6.59. The van der Waals surface area contributed by atoms with E-state index in [0.717, 1.165) is 37.5 Å². The van der Waals surface area contributed by atoms with Crippen LogP contribution in [0.15, 0.2) is 29.6 Å². The molecule has 1 saturated heterocycles. The van der Waals surface area contributed by atoms with Gasteiger partial charge in [0.15, 0.2) is 0 Å². The first-order chi connectivity index (χ1) is 8.85. The number of aryl methyl sites for hydroxylation is 1. The lowest BCUT2D eigenvalue weighted by atomic mass is 10.00. The molecule has 3 rings (SSSR count). The lowest BCUT2D eigenvalue weighted by Gasteiger charge is -2.25. The number of nitrogens with one attached hydrogen (secondary N) is 1. The third kappa shape index (κ3) is 2.47. The second-order valence-corrected chi connectivity index (χ2v) is 5.85. The number of benzene rings is 1. The highest BCUT2D eigenvalue weighted by Crippen LogP contribution is 2.24. The van der Waals surface area contributed by atoms with Crippen LogP contribution in [0.5, 0.6) is 0 Å². The van der Waals surface area contributed by atoms with Crippen molar-refractivity contribution in [2.24, 2.45) is 5.92 Å². The van der Waals surface area contributed by atoms with E-state index in [1.54, 1.807) is 11.3 Å². The van der Waals surface area contributed by atoms with Gasteiger partial charge in [-0.05, 0) is 31.0 Å². The van der Waals surface area contributed by atoms with Crippen LogP contribution < -0.4 is 5.32 Å². The molecule has 0 amide bonds. The molecule has 0 bridgehead atoms. The average molecular weight is 258 g/mol. The van der Waals surface area contributed by atoms with E-state index in [4.69, 9.17) is 4.98 Å². The molecule has 18 heavy (non-hydrogen) atoms. The van der Waals surface area contributed by atoms with Crippen molar-refractivity contribution in [2.75, 3.05) is 13.1 Å². The average Bonchev–Trinajstić information content (AvgIpc) is 2.83. The fourth-order valence-electron chi connectivity index (χ4n) is 2.19. The molecule has 1 aromatic carbocycles. The maximum absolute atomic E-state index is 4.75. The third-order valence-electron chi connectivity index (χ3n) is 3.54. The van der Waals surface area contributed by atoms with Gasteiger partial charge in [0.1, 0.15) is 0 Å². The molecular formula is C15H18N2S. The van der Waals surface area contributed by atoms with Crippen LogP contribution in [-0.2, 0) is 12.8 Å². The molecule has 0 unspecified atom stereocenters. The molecule has 1 aromatic heterocycles. The number of hydrogen-bond acceptors (Lipinski definition) is 3. The van der Waals surface area contributed by atoms with Gasteiger partial charge in [-0.25, -0.2) is 4.98 Å². The number of hydrogen-bond donors (Lipinski definition) is 1. The molecule has 0 saturated carbocycles. The number of thiazole rings is 1. The molecule has 0 atom stereocenters. The minimum atomic E-state index is 0.798. The van der Waals surface area contributed by atoms with Crippen molar-refractivity contribution in [2.45, 2.75) is 19.8 Å². The van der Waals surface area contributed by atoms with Crippen molar-refractivity contribution in [3.05, 3.63) is 40.2 Å². The Kier molecular flexibility index (Phi) is 3.43. The normalized spacial score (nSPS) is 15.6. The quantitative estimate of drug-likeness (QED) is 0.911. The third-order valence-corrected chi connectivity index (χ3v) is 4.41. The number of rotatable bonds is 4. The fourth-order valence-corrected chi connectivity index (χ4v) is 3.11. The van der Waals surface area contributed by atoms with Crippen LogP contribution in [0.3, 0.4) is 0 Å². The highest BCUT2D eigenvalue weighted by atomic mass is 32.1. The van der Waals surface area contributed by atoms with Crippen molar-refractivity contribution in [1.82, 2.24) is 10.3 Å². The van der Waals surface area contributed by atoms with Gasteiger partial charge in [0.25, 0.3) is 0 Å². The van der Waals surface area contributed by atoms with E-state index in [0.29, 0.717) is 0 Å². The van der Waals surface area contributed by atoms with E-state index in [1.807, 2.05) is 0 Å². The minimum Gasteiger partial charge on any atom is -0.316 e. The lowest BCUT2D eigenvalue weighted by Crippen LogP contribution is -2.43. The van der Waals surface area contributed by atoms with Gasteiger partial charge in [-0.2, -0.15) is 0 Å². The molecule has 0 spiro atoms. The Labute approximate surface area is 112 Å². The van der Waals surface area contributed by atoms with E-state index in [2.05, 4.69) is 41.9 Å².